The summed E-state index contributed by atoms with van der Waals surface area (Å²) in [5, 5.41) is 11.2. The van der Waals surface area contributed by atoms with Crippen molar-refractivity contribution in [3.63, 3.8) is 0 Å². The number of thioether (sulfide) groups is 1. The second-order valence-corrected chi connectivity index (χ2v) is 5.81. The van der Waals surface area contributed by atoms with Crippen LogP contribution in [0.15, 0.2) is 26.4 Å². The molecule has 0 spiro atoms. The summed E-state index contributed by atoms with van der Waals surface area (Å²) in [5.74, 6) is 1.21. The average Bonchev–Trinajstić information content (AvgIpc) is 3.00. The predicted molar refractivity (Wildman–Crippen MR) is 73.2 cm³/mol. The van der Waals surface area contributed by atoms with E-state index in [0.29, 0.717) is 11.1 Å². The largest absolute Gasteiger partial charge is 0.469 e. The topological polar surface area (TPSA) is 81.2 Å². The van der Waals surface area contributed by atoms with Crippen molar-refractivity contribution < 1.29 is 13.6 Å². The van der Waals surface area contributed by atoms with Gasteiger partial charge in [-0.05, 0) is 25.8 Å². The number of carbonyl (C=O) groups excluding carboxylic acids is 1. The summed E-state index contributed by atoms with van der Waals surface area (Å²) in [7, 11) is 0. The monoisotopic (exact) mass is 293 g/mol. The summed E-state index contributed by atoms with van der Waals surface area (Å²) in [5.41, 5.74) is 0.787. The Kier molecular flexibility index (Phi) is 3.77. The van der Waals surface area contributed by atoms with Crippen LogP contribution in [0.25, 0.3) is 11.5 Å². The van der Waals surface area contributed by atoms with Gasteiger partial charge in [0, 0.05) is 6.54 Å². The van der Waals surface area contributed by atoms with Crippen LogP contribution in [0.2, 0.25) is 0 Å². The van der Waals surface area contributed by atoms with Crippen molar-refractivity contribution in [3.05, 3.63) is 18.1 Å². The molecule has 0 unspecified atom stereocenters. The van der Waals surface area contributed by atoms with E-state index in [4.69, 9.17) is 8.83 Å². The van der Waals surface area contributed by atoms with Crippen LogP contribution in [0.3, 0.4) is 0 Å². The van der Waals surface area contributed by atoms with Crippen LogP contribution >= 0.6 is 11.8 Å². The minimum Gasteiger partial charge on any atom is -0.469 e. The zero-order valence-electron chi connectivity index (χ0n) is 11.1. The Balaban J connectivity index is 1.74. The van der Waals surface area contributed by atoms with Crippen molar-refractivity contribution in [2.24, 2.45) is 0 Å². The Morgan fingerprint density at radius 3 is 3.10 bits per heavy atom. The summed E-state index contributed by atoms with van der Waals surface area (Å²) in [4.78, 5) is 11.9. The maximum absolute atomic E-state index is 11.9. The lowest BCUT2D eigenvalue weighted by atomic mass is 10.2. The Labute approximate surface area is 120 Å². The molecular weight excluding hydrogens is 278 g/mol. The number of amides is 1. The van der Waals surface area contributed by atoms with Crippen LogP contribution in [0.4, 0.5) is 0 Å². The fourth-order valence-electron chi connectivity index (χ4n) is 2.12. The third kappa shape index (κ3) is 2.72. The second kappa shape index (κ2) is 5.70. The van der Waals surface area contributed by atoms with Crippen molar-refractivity contribution in [1.82, 2.24) is 15.5 Å². The Hall–Kier alpha value is -1.76. The molecule has 3 rings (SSSR count). The number of hydrogen-bond acceptors (Lipinski definition) is 6. The summed E-state index contributed by atoms with van der Waals surface area (Å²) < 4.78 is 10.8. The van der Waals surface area contributed by atoms with Crippen molar-refractivity contribution >= 4 is 17.7 Å². The third-order valence-corrected chi connectivity index (χ3v) is 4.32. The molecule has 1 fully saturated rings. The van der Waals surface area contributed by atoms with E-state index < -0.39 is 0 Å². The van der Waals surface area contributed by atoms with E-state index in [1.165, 1.54) is 11.8 Å². The number of aryl methyl sites for hydroxylation is 1. The van der Waals surface area contributed by atoms with E-state index in [1.807, 2.05) is 6.92 Å². The van der Waals surface area contributed by atoms with Crippen LogP contribution in [-0.4, -0.2) is 27.9 Å². The van der Waals surface area contributed by atoms with Gasteiger partial charge in [-0.25, -0.2) is 0 Å². The summed E-state index contributed by atoms with van der Waals surface area (Å²) in [6, 6.07) is 1.79. The SMILES string of the molecule is Cc1occc1-c1nnc(S[C@@H]2CCCCNC2=O)o1. The molecule has 1 atom stereocenters. The van der Waals surface area contributed by atoms with Gasteiger partial charge in [-0.1, -0.05) is 18.2 Å². The molecule has 1 aliphatic rings. The van der Waals surface area contributed by atoms with Gasteiger partial charge in [0.25, 0.3) is 11.1 Å². The molecule has 3 heterocycles. The zero-order chi connectivity index (χ0) is 13.9. The van der Waals surface area contributed by atoms with E-state index in [2.05, 4.69) is 15.5 Å². The smallest absolute Gasteiger partial charge is 0.277 e. The molecule has 1 N–H and O–H groups in total. The second-order valence-electron chi connectivity index (χ2n) is 4.66. The van der Waals surface area contributed by atoms with Gasteiger partial charge in [-0.15, -0.1) is 10.2 Å². The highest BCUT2D eigenvalue weighted by Gasteiger charge is 2.24. The molecule has 2 aromatic heterocycles. The molecule has 106 valence electrons. The Morgan fingerprint density at radius 1 is 1.40 bits per heavy atom. The highest BCUT2D eigenvalue weighted by atomic mass is 32.2. The normalized spacial score (nSPS) is 19.6. The van der Waals surface area contributed by atoms with Gasteiger partial charge in [0.05, 0.1) is 17.1 Å². The fraction of sp³-hybridized carbons (Fsp3) is 0.462. The van der Waals surface area contributed by atoms with Gasteiger partial charge >= 0.3 is 0 Å². The molecule has 1 amide bonds. The molecule has 2 aromatic rings. The Bertz CT molecular complexity index is 608. The lowest BCUT2D eigenvalue weighted by molar-refractivity contribution is -0.120. The molecule has 0 aliphatic carbocycles. The molecule has 0 radical (unpaired) electrons. The van der Waals surface area contributed by atoms with E-state index in [1.54, 1.807) is 12.3 Å². The standard InChI is InChI=1S/C13H15N3O3S/c1-8-9(5-7-18-8)12-15-16-13(19-12)20-10-4-2-3-6-14-11(10)17/h5,7,10H,2-4,6H2,1H3,(H,14,17)/t10-/m1/s1. The predicted octanol–water partition coefficient (Wildman–Crippen LogP) is 2.40. The highest BCUT2D eigenvalue weighted by molar-refractivity contribution is 8.00. The number of rotatable bonds is 3. The van der Waals surface area contributed by atoms with Crippen LogP contribution in [0, 0.1) is 6.92 Å². The molecule has 1 aliphatic heterocycles. The first-order valence-electron chi connectivity index (χ1n) is 6.56. The molecule has 0 bridgehead atoms. The summed E-state index contributed by atoms with van der Waals surface area (Å²) >= 11 is 1.33. The molecule has 1 saturated heterocycles. The van der Waals surface area contributed by atoms with Gasteiger partial charge < -0.3 is 14.2 Å². The van der Waals surface area contributed by atoms with E-state index in [0.717, 1.165) is 37.1 Å². The zero-order valence-corrected chi connectivity index (χ0v) is 11.9. The number of aromatic nitrogens is 2. The van der Waals surface area contributed by atoms with Gasteiger partial charge in [0.2, 0.25) is 5.91 Å². The Morgan fingerprint density at radius 2 is 2.30 bits per heavy atom. The lowest BCUT2D eigenvalue weighted by Crippen LogP contribution is -2.30. The number of hydrogen-bond donors (Lipinski definition) is 1. The molecule has 0 saturated carbocycles. The van der Waals surface area contributed by atoms with Gasteiger partial charge in [-0.3, -0.25) is 4.79 Å². The maximum atomic E-state index is 11.9. The van der Waals surface area contributed by atoms with E-state index in [-0.39, 0.29) is 11.2 Å². The van der Waals surface area contributed by atoms with Gasteiger partial charge in [0.15, 0.2) is 0 Å². The van der Waals surface area contributed by atoms with Crippen molar-refractivity contribution in [3.8, 4) is 11.5 Å². The van der Waals surface area contributed by atoms with E-state index >= 15 is 0 Å². The van der Waals surface area contributed by atoms with E-state index in [9.17, 15) is 4.79 Å². The third-order valence-electron chi connectivity index (χ3n) is 3.22. The maximum Gasteiger partial charge on any atom is 0.277 e. The highest BCUT2D eigenvalue weighted by Crippen LogP contribution is 2.30. The van der Waals surface area contributed by atoms with Crippen molar-refractivity contribution in [2.45, 2.75) is 36.7 Å². The fourth-order valence-corrected chi connectivity index (χ4v) is 3.05. The summed E-state index contributed by atoms with van der Waals surface area (Å²) in [6.45, 7) is 2.59. The van der Waals surface area contributed by atoms with Gasteiger partial charge in [0.1, 0.15) is 5.76 Å². The number of furan rings is 1. The summed E-state index contributed by atoms with van der Waals surface area (Å²) in [6.07, 6.45) is 4.46. The average molecular weight is 293 g/mol. The quantitative estimate of drug-likeness (QED) is 0.936. The first-order valence-corrected chi connectivity index (χ1v) is 7.44. The lowest BCUT2D eigenvalue weighted by Gasteiger charge is -2.08. The van der Waals surface area contributed by atoms with Crippen LogP contribution in [0.1, 0.15) is 25.0 Å². The molecule has 0 aromatic carbocycles. The van der Waals surface area contributed by atoms with Crippen molar-refractivity contribution in [2.75, 3.05) is 6.54 Å². The van der Waals surface area contributed by atoms with Crippen molar-refractivity contribution in [1.29, 1.82) is 0 Å². The minimum absolute atomic E-state index is 0.0479. The molecular formula is C13H15N3O3S. The van der Waals surface area contributed by atoms with Crippen LogP contribution < -0.4 is 5.32 Å². The van der Waals surface area contributed by atoms with Crippen LogP contribution in [0.5, 0.6) is 0 Å². The molecule has 7 heteroatoms. The first kappa shape index (κ1) is 13.2. The minimum atomic E-state index is -0.156. The number of nitrogens with one attached hydrogen (secondary N) is 1. The first-order chi connectivity index (χ1) is 9.74. The molecule has 6 nitrogen and oxygen atoms in total. The molecule has 20 heavy (non-hydrogen) atoms. The number of carbonyl (C=O) groups is 1. The van der Waals surface area contributed by atoms with Gasteiger partial charge in [-0.2, -0.15) is 0 Å². The van der Waals surface area contributed by atoms with Crippen LogP contribution in [-0.2, 0) is 4.79 Å². The number of nitrogens with zero attached hydrogens (tertiary/aromatic N) is 2.